The van der Waals surface area contributed by atoms with Crippen LogP contribution in [0.2, 0.25) is 0 Å². The van der Waals surface area contributed by atoms with Gasteiger partial charge in [0.2, 0.25) is 0 Å². The summed E-state index contributed by atoms with van der Waals surface area (Å²) in [5, 5.41) is -0.896. The highest BCUT2D eigenvalue weighted by molar-refractivity contribution is 8.47. The van der Waals surface area contributed by atoms with Crippen LogP contribution in [0, 0.1) is 0 Å². The van der Waals surface area contributed by atoms with Crippen molar-refractivity contribution in [2.24, 2.45) is 0 Å². The molecule has 0 amide bonds. The van der Waals surface area contributed by atoms with Gasteiger partial charge in [-0.1, -0.05) is 96.4 Å². The van der Waals surface area contributed by atoms with E-state index in [-0.39, 0.29) is 25.2 Å². The number of hydrogen-bond donors (Lipinski definition) is 0. The number of esters is 2. The maximum absolute atomic E-state index is 12.1. The third kappa shape index (κ3) is 8.04. The number of thiocarbonyl (C=S) groups is 1. The lowest BCUT2D eigenvalue weighted by Crippen LogP contribution is -2.20. The van der Waals surface area contributed by atoms with Gasteiger partial charge in [0, 0.05) is 0 Å². The zero-order valence-electron chi connectivity index (χ0n) is 15.7. The van der Waals surface area contributed by atoms with Crippen LogP contribution < -0.4 is 0 Å². The van der Waals surface area contributed by atoms with Gasteiger partial charge in [0.15, 0.2) is 0 Å². The minimum atomic E-state index is -0.448. The molecule has 4 nitrogen and oxygen atoms in total. The molecule has 2 aromatic carbocycles. The van der Waals surface area contributed by atoms with Crippen LogP contribution in [-0.4, -0.2) is 26.0 Å². The van der Waals surface area contributed by atoms with Crippen LogP contribution in [0.15, 0.2) is 60.7 Å². The topological polar surface area (TPSA) is 52.6 Å². The molecule has 0 saturated carbocycles. The molecule has 0 radical (unpaired) electrons. The maximum Gasteiger partial charge on any atom is 0.319 e. The highest BCUT2D eigenvalue weighted by Crippen LogP contribution is 2.27. The van der Waals surface area contributed by atoms with Gasteiger partial charge >= 0.3 is 11.9 Å². The Balaban J connectivity index is 1.70. The number of carbonyl (C=O) groups is 2. The van der Waals surface area contributed by atoms with Gasteiger partial charge < -0.3 is 9.47 Å². The number of rotatable bonds is 8. The van der Waals surface area contributed by atoms with E-state index in [1.54, 1.807) is 13.8 Å². The number of benzene rings is 2. The van der Waals surface area contributed by atoms with Crippen molar-refractivity contribution in [2.45, 2.75) is 37.6 Å². The Hall–Kier alpha value is -1.83. The Morgan fingerprint density at radius 1 is 0.786 bits per heavy atom. The van der Waals surface area contributed by atoms with Crippen LogP contribution in [-0.2, 0) is 32.3 Å². The minimum absolute atomic E-state index is 0.229. The predicted octanol–water partition coefficient (Wildman–Crippen LogP) is 5.00. The van der Waals surface area contributed by atoms with E-state index in [1.165, 1.54) is 23.5 Å². The van der Waals surface area contributed by atoms with E-state index in [0.29, 0.717) is 3.53 Å². The van der Waals surface area contributed by atoms with E-state index >= 15 is 0 Å². The monoisotopic (exact) mass is 434 g/mol. The fourth-order valence-corrected chi connectivity index (χ4v) is 4.96. The first-order valence-corrected chi connectivity index (χ1v) is 10.9. The highest BCUT2D eigenvalue weighted by Gasteiger charge is 2.22. The molecule has 28 heavy (non-hydrogen) atoms. The first-order valence-electron chi connectivity index (χ1n) is 8.74. The van der Waals surface area contributed by atoms with Crippen molar-refractivity contribution in [1.29, 1.82) is 0 Å². The van der Waals surface area contributed by atoms with Gasteiger partial charge in [-0.15, -0.1) is 0 Å². The van der Waals surface area contributed by atoms with Crippen molar-refractivity contribution in [3.8, 4) is 0 Å². The molecule has 0 aromatic heterocycles. The first-order chi connectivity index (χ1) is 13.5. The molecule has 7 heteroatoms. The van der Waals surface area contributed by atoms with Crippen LogP contribution in [0.4, 0.5) is 0 Å². The molecule has 0 spiro atoms. The predicted molar refractivity (Wildman–Crippen MR) is 119 cm³/mol. The van der Waals surface area contributed by atoms with E-state index < -0.39 is 10.5 Å². The van der Waals surface area contributed by atoms with Gasteiger partial charge in [-0.05, 0) is 25.0 Å². The van der Waals surface area contributed by atoms with Crippen molar-refractivity contribution in [1.82, 2.24) is 0 Å². The molecule has 0 aliphatic heterocycles. The summed E-state index contributed by atoms with van der Waals surface area (Å²) in [5.74, 6) is -0.674. The van der Waals surface area contributed by atoms with E-state index in [0.717, 1.165) is 11.1 Å². The summed E-state index contributed by atoms with van der Waals surface area (Å²) in [6.45, 7) is 3.94. The van der Waals surface area contributed by atoms with Crippen molar-refractivity contribution >= 4 is 51.2 Å². The first kappa shape index (κ1) is 22.5. The van der Waals surface area contributed by atoms with Crippen LogP contribution >= 0.6 is 35.7 Å². The zero-order chi connectivity index (χ0) is 20.4. The van der Waals surface area contributed by atoms with Gasteiger partial charge in [0.1, 0.15) is 27.2 Å². The van der Waals surface area contributed by atoms with E-state index in [1.807, 2.05) is 60.7 Å². The summed E-state index contributed by atoms with van der Waals surface area (Å²) >= 11 is 7.74. The molecular weight excluding hydrogens is 412 g/mol. The van der Waals surface area contributed by atoms with Crippen LogP contribution in [0.1, 0.15) is 25.0 Å². The molecule has 0 saturated heterocycles. The summed E-state index contributed by atoms with van der Waals surface area (Å²) in [5.41, 5.74) is 1.86. The van der Waals surface area contributed by atoms with Crippen LogP contribution in [0.5, 0.6) is 0 Å². The fraction of sp³-hybridized carbons (Fsp3) is 0.286. The second-order valence-electron chi connectivity index (χ2n) is 5.96. The van der Waals surface area contributed by atoms with E-state index in [4.69, 9.17) is 21.7 Å². The molecule has 2 atom stereocenters. The van der Waals surface area contributed by atoms with Crippen LogP contribution in [0.3, 0.4) is 0 Å². The Morgan fingerprint density at radius 3 is 1.50 bits per heavy atom. The van der Waals surface area contributed by atoms with Gasteiger partial charge in [-0.2, -0.15) is 0 Å². The quantitative estimate of drug-likeness (QED) is 0.428. The largest absolute Gasteiger partial charge is 0.460 e. The molecule has 0 heterocycles. The second kappa shape index (κ2) is 11.9. The summed E-state index contributed by atoms with van der Waals surface area (Å²) in [6.07, 6.45) is 0. The van der Waals surface area contributed by atoms with E-state index in [2.05, 4.69) is 0 Å². The Labute approximate surface area is 179 Å². The normalized spacial score (nSPS) is 12.6. The van der Waals surface area contributed by atoms with Gasteiger partial charge in [-0.3, -0.25) is 9.59 Å². The van der Waals surface area contributed by atoms with Gasteiger partial charge in [0.25, 0.3) is 0 Å². The van der Waals surface area contributed by atoms with Crippen molar-refractivity contribution in [3.05, 3.63) is 71.8 Å². The molecule has 2 rings (SSSR count). The number of ether oxygens (including phenoxy) is 2. The molecule has 0 aliphatic carbocycles. The molecule has 0 fully saturated rings. The highest BCUT2D eigenvalue weighted by atomic mass is 32.2. The van der Waals surface area contributed by atoms with Crippen molar-refractivity contribution < 1.29 is 19.1 Å². The SMILES string of the molecule is CC(SC(=S)SC(C)C(=O)OCc1ccccc1)C(=O)OCc1ccccc1. The standard InChI is InChI=1S/C21H22O4S3/c1-15(19(22)24-13-17-9-5-3-6-10-17)27-21(26)28-16(2)20(23)25-14-18-11-7-4-8-12-18/h3-12,15-16H,13-14H2,1-2H3. The minimum Gasteiger partial charge on any atom is -0.460 e. The lowest BCUT2D eigenvalue weighted by Gasteiger charge is -2.14. The molecule has 148 valence electrons. The smallest absolute Gasteiger partial charge is 0.319 e. The molecule has 2 aromatic rings. The van der Waals surface area contributed by atoms with E-state index in [9.17, 15) is 9.59 Å². The van der Waals surface area contributed by atoms with Crippen molar-refractivity contribution in [2.75, 3.05) is 0 Å². The zero-order valence-corrected chi connectivity index (χ0v) is 18.1. The molecular formula is C21H22O4S3. The fourth-order valence-electron chi connectivity index (χ4n) is 2.10. The lowest BCUT2D eigenvalue weighted by atomic mass is 10.2. The Kier molecular flexibility index (Phi) is 9.54. The third-order valence-corrected chi connectivity index (χ3v) is 6.29. The average molecular weight is 435 g/mol. The summed E-state index contributed by atoms with van der Waals surface area (Å²) in [6, 6.07) is 19.0. The number of carbonyl (C=O) groups excluding carboxylic acids is 2. The lowest BCUT2D eigenvalue weighted by molar-refractivity contribution is -0.144. The summed E-state index contributed by atoms with van der Waals surface area (Å²) < 4.78 is 11.1. The second-order valence-corrected chi connectivity index (χ2v) is 9.84. The van der Waals surface area contributed by atoms with Gasteiger partial charge in [-0.25, -0.2) is 0 Å². The van der Waals surface area contributed by atoms with Gasteiger partial charge in [0.05, 0.1) is 0 Å². The number of thioether (sulfide) groups is 2. The number of hydrogen-bond acceptors (Lipinski definition) is 7. The summed E-state index contributed by atoms with van der Waals surface area (Å²) in [4.78, 5) is 24.3. The molecule has 2 unspecified atom stereocenters. The Morgan fingerprint density at radius 2 is 1.14 bits per heavy atom. The average Bonchev–Trinajstić information content (AvgIpc) is 2.71. The third-order valence-electron chi connectivity index (χ3n) is 3.66. The summed E-state index contributed by atoms with van der Waals surface area (Å²) in [7, 11) is 0. The molecule has 0 aliphatic rings. The van der Waals surface area contributed by atoms with Crippen LogP contribution in [0.25, 0.3) is 0 Å². The Bertz CT molecular complexity index is 715. The maximum atomic E-state index is 12.1. The van der Waals surface area contributed by atoms with Crippen molar-refractivity contribution in [3.63, 3.8) is 0 Å². The molecule has 0 N–H and O–H groups in total. The molecule has 0 bridgehead atoms.